The lowest BCUT2D eigenvalue weighted by Gasteiger charge is -2.24. The lowest BCUT2D eigenvalue weighted by Crippen LogP contribution is -2.38. The molecule has 0 saturated carbocycles. The van der Waals surface area contributed by atoms with E-state index in [9.17, 15) is 13.2 Å². The smallest absolute Gasteiger partial charge is 0.253 e. The van der Waals surface area contributed by atoms with Crippen molar-refractivity contribution < 1.29 is 13.2 Å². The van der Waals surface area contributed by atoms with Crippen LogP contribution in [0.15, 0.2) is 24.3 Å². The molecule has 0 bridgehead atoms. The Kier molecular flexibility index (Phi) is 7.31. The van der Waals surface area contributed by atoms with Crippen molar-refractivity contribution in [3.63, 3.8) is 0 Å². The molecule has 0 aliphatic carbocycles. The average Bonchev–Trinajstić information content (AvgIpc) is 2.99. The zero-order chi connectivity index (χ0) is 16.2. The number of carbonyl (C=O) groups is 1. The summed E-state index contributed by atoms with van der Waals surface area (Å²) in [6.45, 7) is 3.52. The van der Waals surface area contributed by atoms with Gasteiger partial charge in [0.2, 0.25) is 10.0 Å². The largest absolute Gasteiger partial charge is 0.337 e. The standard InChI is InChI=1S/C15H23N3O3S.ClH/c1-3-9-22(20,21)17-13-6-4-5-12(10-13)15(19)18(2)14-7-8-16-11-14;/h4-6,10,14,16-17H,3,7-9,11H2,1-2H3;1H. The van der Waals surface area contributed by atoms with Crippen LogP contribution >= 0.6 is 12.4 Å². The minimum absolute atomic E-state index is 0. The highest BCUT2D eigenvalue weighted by Crippen LogP contribution is 2.16. The Balaban J connectivity index is 0.00000264. The summed E-state index contributed by atoms with van der Waals surface area (Å²) in [6, 6.07) is 6.83. The number of sulfonamides is 1. The van der Waals surface area contributed by atoms with Gasteiger partial charge in [0.25, 0.3) is 5.91 Å². The van der Waals surface area contributed by atoms with Crippen molar-refractivity contribution in [3.05, 3.63) is 29.8 Å². The molecule has 1 aromatic carbocycles. The first-order chi connectivity index (χ1) is 10.4. The Morgan fingerprint density at radius 2 is 2.17 bits per heavy atom. The number of hydrogen-bond donors (Lipinski definition) is 2. The van der Waals surface area contributed by atoms with Crippen LogP contribution in [-0.2, 0) is 10.0 Å². The second-order valence-corrected chi connectivity index (χ2v) is 7.41. The molecule has 2 rings (SSSR count). The van der Waals surface area contributed by atoms with Gasteiger partial charge in [-0.2, -0.15) is 0 Å². The number of amides is 1. The number of hydrogen-bond acceptors (Lipinski definition) is 4. The first kappa shape index (κ1) is 19.7. The van der Waals surface area contributed by atoms with Gasteiger partial charge in [0.1, 0.15) is 0 Å². The van der Waals surface area contributed by atoms with Crippen molar-refractivity contribution in [1.29, 1.82) is 0 Å². The lowest BCUT2D eigenvalue weighted by molar-refractivity contribution is 0.0744. The van der Waals surface area contributed by atoms with E-state index in [1.165, 1.54) is 0 Å². The van der Waals surface area contributed by atoms with Gasteiger partial charge in [-0.05, 0) is 37.6 Å². The number of anilines is 1. The van der Waals surface area contributed by atoms with E-state index in [-0.39, 0.29) is 30.1 Å². The highest BCUT2D eigenvalue weighted by molar-refractivity contribution is 7.92. The molecular weight excluding hydrogens is 338 g/mol. The Hall–Kier alpha value is -1.31. The third kappa shape index (κ3) is 5.37. The summed E-state index contributed by atoms with van der Waals surface area (Å²) in [5.41, 5.74) is 0.920. The van der Waals surface area contributed by atoms with Crippen LogP contribution in [0.1, 0.15) is 30.1 Å². The van der Waals surface area contributed by atoms with Crippen LogP contribution < -0.4 is 10.0 Å². The second kappa shape index (κ2) is 8.52. The Bertz CT molecular complexity index is 631. The Morgan fingerprint density at radius 3 is 2.78 bits per heavy atom. The van der Waals surface area contributed by atoms with Gasteiger partial charge < -0.3 is 10.2 Å². The van der Waals surface area contributed by atoms with E-state index < -0.39 is 10.0 Å². The fraction of sp³-hybridized carbons (Fsp3) is 0.533. The minimum Gasteiger partial charge on any atom is -0.337 e. The van der Waals surface area contributed by atoms with E-state index in [1.54, 1.807) is 36.2 Å². The van der Waals surface area contributed by atoms with Gasteiger partial charge in [-0.15, -0.1) is 12.4 Å². The molecule has 0 spiro atoms. The number of benzene rings is 1. The number of carbonyl (C=O) groups excluding carboxylic acids is 1. The van der Waals surface area contributed by atoms with Crippen molar-refractivity contribution in [2.24, 2.45) is 0 Å². The zero-order valence-corrected chi connectivity index (χ0v) is 15.0. The topological polar surface area (TPSA) is 78.5 Å². The normalized spacial score (nSPS) is 17.4. The van der Waals surface area contributed by atoms with Crippen molar-refractivity contribution in [3.8, 4) is 0 Å². The quantitative estimate of drug-likeness (QED) is 0.808. The number of rotatable bonds is 6. The molecule has 1 saturated heterocycles. The number of nitrogens with zero attached hydrogens (tertiary/aromatic N) is 1. The molecule has 6 nitrogen and oxygen atoms in total. The predicted molar refractivity (Wildman–Crippen MR) is 94.8 cm³/mol. The van der Waals surface area contributed by atoms with Crippen molar-refractivity contribution in [1.82, 2.24) is 10.2 Å². The minimum atomic E-state index is -3.35. The second-order valence-electron chi connectivity index (χ2n) is 5.56. The molecular formula is C15H24ClN3O3S. The maximum absolute atomic E-state index is 12.5. The van der Waals surface area contributed by atoms with Crippen molar-refractivity contribution >= 4 is 34.0 Å². The Labute approximate surface area is 144 Å². The summed E-state index contributed by atoms with van der Waals surface area (Å²) in [6.07, 6.45) is 1.48. The van der Waals surface area contributed by atoms with Crippen LogP contribution in [0.3, 0.4) is 0 Å². The molecule has 0 aromatic heterocycles. The van der Waals surface area contributed by atoms with Gasteiger partial charge in [-0.25, -0.2) is 8.42 Å². The van der Waals surface area contributed by atoms with Crippen molar-refractivity contribution in [2.45, 2.75) is 25.8 Å². The van der Waals surface area contributed by atoms with Crippen LogP contribution in [0.5, 0.6) is 0 Å². The fourth-order valence-electron chi connectivity index (χ4n) is 2.55. The predicted octanol–water partition coefficient (Wildman–Crippen LogP) is 1.69. The molecule has 1 amide bonds. The van der Waals surface area contributed by atoms with E-state index >= 15 is 0 Å². The molecule has 23 heavy (non-hydrogen) atoms. The van der Waals surface area contributed by atoms with Gasteiger partial charge in [-0.1, -0.05) is 13.0 Å². The summed E-state index contributed by atoms with van der Waals surface area (Å²) in [7, 11) is -1.56. The van der Waals surface area contributed by atoms with Crippen LogP contribution in [0.2, 0.25) is 0 Å². The van der Waals surface area contributed by atoms with Crippen molar-refractivity contribution in [2.75, 3.05) is 30.6 Å². The van der Waals surface area contributed by atoms with Gasteiger partial charge in [-0.3, -0.25) is 9.52 Å². The highest BCUT2D eigenvalue weighted by atomic mass is 35.5. The SMILES string of the molecule is CCCS(=O)(=O)Nc1cccc(C(=O)N(C)C2CCNC2)c1.Cl. The summed E-state index contributed by atoms with van der Waals surface area (Å²) in [5.74, 6) is -0.0241. The van der Waals surface area contributed by atoms with E-state index in [4.69, 9.17) is 0 Å². The highest BCUT2D eigenvalue weighted by Gasteiger charge is 2.24. The van der Waals surface area contributed by atoms with Gasteiger partial charge in [0, 0.05) is 30.9 Å². The molecule has 1 aliphatic heterocycles. The fourth-order valence-corrected chi connectivity index (χ4v) is 3.68. The van der Waals surface area contributed by atoms with Gasteiger partial charge in [0.05, 0.1) is 5.75 Å². The monoisotopic (exact) mass is 361 g/mol. The molecule has 1 aromatic rings. The third-order valence-corrected chi connectivity index (χ3v) is 5.25. The van der Waals surface area contributed by atoms with Gasteiger partial charge in [0.15, 0.2) is 0 Å². The van der Waals surface area contributed by atoms with Crippen LogP contribution in [-0.4, -0.2) is 51.2 Å². The van der Waals surface area contributed by atoms with Crippen LogP contribution in [0.25, 0.3) is 0 Å². The van der Waals surface area contributed by atoms with Crippen LogP contribution in [0.4, 0.5) is 5.69 Å². The molecule has 130 valence electrons. The maximum Gasteiger partial charge on any atom is 0.253 e. The molecule has 8 heteroatoms. The average molecular weight is 362 g/mol. The molecule has 1 aliphatic rings. The first-order valence-electron chi connectivity index (χ1n) is 7.51. The zero-order valence-electron chi connectivity index (χ0n) is 13.4. The molecule has 2 N–H and O–H groups in total. The molecule has 1 atom stereocenters. The molecule has 1 unspecified atom stereocenters. The third-order valence-electron chi connectivity index (χ3n) is 3.76. The lowest BCUT2D eigenvalue weighted by atomic mass is 10.1. The number of halogens is 1. The first-order valence-corrected chi connectivity index (χ1v) is 9.16. The molecule has 1 fully saturated rings. The summed E-state index contributed by atoms with van der Waals surface area (Å²) >= 11 is 0. The number of nitrogens with one attached hydrogen (secondary N) is 2. The van der Waals surface area contributed by atoms with E-state index in [0.717, 1.165) is 19.5 Å². The summed E-state index contributed by atoms with van der Waals surface area (Å²) in [5, 5.41) is 3.23. The van der Waals surface area contributed by atoms with E-state index in [0.29, 0.717) is 17.7 Å². The molecule has 1 heterocycles. The van der Waals surface area contributed by atoms with E-state index in [2.05, 4.69) is 10.0 Å². The molecule has 0 radical (unpaired) electrons. The van der Waals surface area contributed by atoms with E-state index in [1.807, 2.05) is 6.92 Å². The summed E-state index contributed by atoms with van der Waals surface area (Å²) < 4.78 is 26.1. The number of likely N-dealkylation sites (N-methyl/N-ethyl adjacent to an activating group) is 1. The maximum atomic E-state index is 12.5. The Morgan fingerprint density at radius 1 is 1.43 bits per heavy atom. The van der Waals surface area contributed by atoms with Crippen LogP contribution in [0, 0.1) is 0 Å². The summed E-state index contributed by atoms with van der Waals surface area (Å²) in [4.78, 5) is 14.2. The van der Waals surface area contributed by atoms with Gasteiger partial charge >= 0.3 is 0 Å².